The van der Waals surface area contributed by atoms with Gasteiger partial charge in [0.2, 0.25) is 0 Å². The van der Waals surface area contributed by atoms with E-state index in [1.807, 2.05) is 6.92 Å². The van der Waals surface area contributed by atoms with Crippen LogP contribution in [0.3, 0.4) is 0 Å². The van der Waals surface area contributed by atoms with Crippen LogP contribution in [0.25, 0.3) is 0 Å². The fraction of sp³-hybridized carbons (Fsp3) is 0.769. The van der Waals surface area contributed by atoms with Gasteiger partial charge in [0, 0.05) is 5.92 Å². The minimum atomic E-state index is 0.186. The smallest absolute Gasteiger partial charge is 0.123 e. The zero-order valence-corrected chi connectivity index (χ0v) is 9.67. The number of unbranched alkanes of at least 4 members (excludes halogenated alkanes) is 5. The van der Waals surface area contributed by atoms with Gasteiger partial charge in [0.05, 0.1) is 0 Å². The number of carbonyl (C=O) groups is 1. The van der Waals surface area contributed by atoms with Crippen LogP contribution >= 0.6 is 0 Å². The molecule has 1 atom stereocenters. The standard InChI is InChI=1S/C13H24O/c1-3-4-5-6-7-8-9-10-11-13(2)12-14/h9-10,12-13H,3-8,11H2,1-2H3/b10-9+. The molecule has 0 aromatic rings. The van der Waals surface area contributed by atoms with E-state index in [1.165, 1.54) is 38.5 Å². The highest BCUT2D eigenvalue weighted by atomic mass is 16.1. The Morgan fingerprint density at radius 1 is 1.07 bits per heavy atom. The van der Waals surface area contributed by atoms with E-state index in [9.17, 15) is 4.79 Å². The van der Waals surface area contributed by atoms with Gasteiger partial charge in [-0.2, -0.15) is 0 Å². The molecule has 14 heavy (non-hydrogen) atoms. The third-order valence-electron chi connectivity index (χ3n) is 2.38. The molecule has 1 heteroatoms. The molecule has 0 fully saturated rings. The first-order valence-electron chi connectivity index (χ1n) is 5.91. The van der Waals surface area contributed by atoms with Crippen molar-refractivity contribution in [1.82, 2.24) is 0 Å². The van der Waals surface area contributed by atoms with Crippen LogP contribution in [0, 0.1) is 5.92 Å². The molecule has 0 aliphatic carbocycles. The van der Waals surface area contributed by atoms with Gasteiger partial charge in [-0.15, -0.1) is 0 Å². The Bertz CT molecular complexity index is 149. The van der Waals surface area contributed by atoms with Gasteiger partial charge in [-0.1, -0.05) is 51.7 Å². The second-order valence-electron chi connectivity index (χ2n) is 4.02. The number of carbonyl (C=O) groups excluding carboxylic acids is 1. The Morgan fingerprint density at radius 2 is 1.79 bits per heavy atom. The molecule has 0 spiro atoms. The monoisotopic (exact) mass is 196 g/mol. The predicted octanol–water partition coefficient (Wildman–Crippen LogP) is 4.13. The third-order valence-corrected chi connectivity index (χ3v) is 2.38. The number of hydrogen-bond donors (Lipinski definition) is 0. The maximum absolute atomic E-state index is 10.3. The molecular weight excluding hydrogens is 172 g/mol. The Hall–Kier alpha value is -0.590. The van der Waals surface area contributed by atoms with Gasteiger partial charge >= 0.3 is 0 Å². The van der Waals surface area contributed by atoms with Crippen molar-refractivity contribution in [2.45, 2.75) is 58.8 Å². The fourth-order valence-corrected chi connectivity index (χ4v) is 1.35. The van der Waals surface area contributed by atoms with Crippen LogP contribution in [-0.2, 0) is 4.79 Å². The lowest BCUT2D eigenvalue weighted by Crippen LogP contribution is -1.91. The summed E-state index contributed by atoms with van der Waals surface area (Å²) in [5.41, 5.74) is 0. The summed E-state index contributed by atoms with van der Waals surface area (Å²) in [6.07, 6.45) is 14.1. The normalized spacial score (nSPS) is 13.3. The lowest BCUT2D eigenvalue weighted by Gasteiger charge is -1.97. The van der Waals surface area contributed by atoms with E-state index in [4.69, 9.17) is 0 Å². The molecule has 0 aromatic heterocycles. The topological polar surface area (TPSA) is 17.1 Å². The van der Waals surface area contributed by atoms with Gasteiger partial charge in [0.15, 0.2) is 0 Å². The number of allylic oxidation sites excluding steroid dienone is 2. The summed E-state index contributed by atoms with van der Waals surface area (Å²) in [6.45, 7) is 4.19. The SMILES string of the molecule is CCCCCCC/C=C/CC(C)C=O. The van der Waals surface area contributed by atoms with Crippen LogP contribution in [0.1, 0.15) is 58.8 Å². The van der Waals surface area contributed by atoms with Crippen LogP contribution in [-0.4, -0.2) is 6.29 Å². The molecular formula is C13H24O. The number of aldehydes is 1. The van der Waals surface area contributed by atoms with E-state index >= 15 is 0 Å². The first kappa shape index (κ1) is 13.4. The average molecular weight is 196 g/mol. The molecule has 0 bridgehead atoms. The Labute approximate surface area is 88.6 Å². The minimum absolute atomic E-state index is 0.186. The van der Waals surface area contributed by atoms with Gasteiger partial charge in [0.25, 0.3) is 0 Å². The Kier molecular flexibility index (Phi) is 10.0. The maximum atomic E-state index is 10.3. The molecule has 82 valence electrons. The molecule has 0 aliphatic rings. The van der Waals surface area contributed by atoms with Crippen molar-refractivity contribution in [2.75, 3.05) is 0 Å². The summed E-state index contributed by atoms with van der Waals surface area (Å²) >= 11 is 0. The highest BCUT2D eigenvalue weighted by Gasteiger charge is 1.93. The average Bonchev–Trinajstić information content (AvgIpc) is 2.21. The zero-order valence-electron chi connectivity index (χ0n) is 9.67. The largest absolute Gasteiger partial charge is 0.303 e. The van der Waals surface area contributed by atoms with Crippen LogP contribution in [0.5, 0.6) is 0 Å². The second-order valence-corrected chi connectivity index (χ2v) is 4.02. The van der Waals surface area contributed by atoms with Crippen LogP contribution < -0.4 is 0 Å². The van der Waals surface area contributed by atoms with E-state index in [2.05, 4.69) is 19.1 Å². The maximum Gasteiger partial charge on any atom is 0.123 e. The quantitative estimate of drug-likeness (QED) is 0.308. The van der Waals surface area contributed by atoms with E-state index in [-0.39, 0.29) is 5.92 Å². The highest BCUT2D eigenvalue weighted by Crippen LogP contribution is 2.06. The number of rotatable bonds is 9. The molecule has 0 aliphatic heterocycles. The van der Waals surface area contributed by atoms with Gasteiger partial charge in [-0.25, -0.2) is 0 Å². The summed E-state index contributed by atoms with van der Waals surface area (Å²) < 4.78 is 0. The minimum Gasteiger partial charge on any atom is -0.303 e. The summed E-state index contributed by atoms with van der Waals surface area (Å²) in [5, 5.41) is 0. The van der Waals surface area contributed by atoms with Gasteiger partial charge < -0.3 is 4.79 Å². The third kappa shape index (κ3) is 9.50. The summed E-state index contributed by atoms with van der Waals surface area (Å²) in [4.78, 5) is 10.3. The molecule has 0 amide bonds. The Balaban J connectivity index is 3.14. The molecule has 1 nitrogen and oxygen atoms in total. The molecule has 0 N–H and O–H groups in total. The van der Waals surface area contributed by atoms with Gasteiger partial charge in [0.1, 0.15) is 6.29 Å². The van der Waals surface area contributed by atoms with Crippen LogP contribution in [0.15, 0.2) is 12.2 Å². The summed E-state index contributed by atoms with van der Waals surface area (Å²) in [6, 6.07) is 0. The molecule has 0 aromatic carbocycles. The Morgan fingerprint density at radius 3 is 2.43 bits per heavy atom. The summed E-state index contributed by atoms with van der Waals surface area (Å²) in [7, 11) is 0. The van der Waals surface area contributed by atoms with E-state index in [0.717, 1.165) is 12.7 Å². The molecule has 0 saturated heterocycles. The van der Waals surface area contributed by atoms with Crippen molar-refractivity contribution in [2.24, 2.45) is 5.92 Å². The predicted molar refractivity (Wildman–Crippen MR) is 62.4 cm³/mol. The van der Waals surface area contributed by atoms with Gasteiger partial charge in [-0.3, -0.25) is 0 Å². The fourth-order valence-electron chi connectivity index (χ4n) is 1.35. The van der Waals surface area contributed by atoms with E-state index in [1.54, 1.807) is 0 Å². The first-order chi connectivity index (χ1) is 6.81. The summed E-state index contributed by atoms with van der Waals surface area (Å²) in [5.74, 6) is 0.186. The lowest BCUT2D eigenvalue weighted by atomic mass is 10.1. The molecule has 0 heterocycles. The first-order valence-corrected chi connectivity index (χ1v) is 5.91. The van der Waals surface area contributed by atoms with Crippen molar-refractivity contribution in [3.8, 4) is 0 Å². The van der Waals surface area contributed by atoms with Crippen LogP contribution in [0.4, 0.5) is 0 Å². The molecule has 0 saturated carbocycles. The second kappa shape index (κ2) is 10.5. The van der Waals surface area contributed by atoms with E-state index < -0.39 is 0 Å². The van der Waals surface area contributed by atoms with Crippen LogP contribution in [0.2, 0.25) is 0 Å². The molecule has 0 radical (unpaired) electrons. The van der Waals surface area contributed by atoms with Gasteiger partial charge in [-0.05, 0) is 19.3 Å². The van der Waals surface area contributed by atoms with Crippen molar-refractivity contribution in [3.63, 3.8) is 0 Å². The highest BCUT2D eigenvalue weighted by molar-refractivity contribution is 5.52. The number of hydrogen-bond acceptors (Lipinski definition) is 1. The van der Waals surface area contributed by atoms with Crippen molar-refractivity contribution in [3.05, 3.63) is 12.2 Å². The van der Waals surface area contributed by atoms with Crippen molar-refractivity contribution >= 4 is 6.29 Å². The van der Waals surface area contributed by atoms with Crippen molar-refractivity contribution in [1.29, 1.82) is 0 Å². The van der Waals surface area contributed by atoms with E-state index in [0.29, 0.717) is 0 Å². The lowest BCUT2D eigenvalue weighted by molar-refractivity contribution is -0.110. The van der Waals surface area contributed by atoms with Crippen molar-refractivity contribution < 1.29 is 4.79 Å². The molecule has 0 rings (SSSR count). The molecule has 1 unspecified atom stereocenters. The zero-order chi connectivity index (χ0) is 10.6.